The molecule has 0 saturated carbocycles. The summed E-state index contributed by atoms with van der Waals surface area (Å²) in [6, 6.07) is 36.4. The maximum atomic E-state index is 12.1. The predicted octanol–water partition coefficient (Wildman–Crippen LogP) is 9.09. The zero-order valence-corrected chi connectivity index (χ0v) is 24.5. The quantitative estimate of drug-likeness (QED) is 0.123. The number of hydrogen-bond acceptors (Lipinski definition) is 2. The molecule has 7 aromatic rings. The Morgan fingerprint density at radius 1 is 0.651 bits per heavy atom. The second-order valence-corrected chi connectivity index (χ2v) is 12.5. The molecule has 7 aromatic carbocycles. The van der Waals surface area contributed by atoms with Crippen molar-refractivity contribution in [2.45, 2.75) is 26.7 Å². The molecule has 2 nitrogen and oxygen atoms in total. The normalized spacial score (nSPS) is 16.4. The summed E-state index contributed by atoms with van der Waals surface area (Å²) in [5.74, 6) is -0.321. The summed E-state index contributed by atoms with van der Waals surface area (Å²) in [5, 5.41) is 17.5. The zero-order valence-electron chi connectivity index (χ0n) is 24.5. The molecule has 0 fully saturated rings. The van der Waals surface area contributed by atoms with E-state index in [-0.39, 0.29) is 11.4 Å². The number of fused-ring (bicyclic) bond motifs is 7. The third-order valence-corrected chi connectivity index (χ3v) is 9.46. The second-order valence-electron chi connectivity index (χ2n) is 12.5. The van der Waals surface area contributed by atoms with Gasteiger partial charge in [0.05, 0.1) is 0 Å². The number of ether oxygens (including phenoxy) is 1. The van der Waals surface area contributed by atoms with E-state index in [0.29, 0.717) is 12.2 Å². The van der Waals surface area contributed by atoms with E-state index in [1.165, 1.54) is 75.1 Å². The molecule has 43 heavy (non-hydrogen) atoms. The van der Waals surface area contributed by atoms with Gasteiger partial charge >= 0.3 is 5.97 Å². The van der Waals surface area contributed by atoms with Gasteiger partial charge in [0.15, 0.2) is 0 Å². The molecule has 0 radical (unpaired) electrons. The van der Waals surface area contributed by atoms with Crippen LogP contribution in [0.15, 0.2) is 109 Å². The highest BCUT2D eigenvalue weighted by molar-refractivity contribution is 6.11. The van der Waals surface area contributed by atoms with Crippen LogP contribution in [0.3, 0.4) is 0 Å². The van der Waals surface area contributed by atoms with Crippen LogP contribution in [-0.2, 0) is 9.53 Å². The molecule has 0 aliphatic heterocycles. The lowest BCUT2D eigenvalue weighted by Crippen LogP contribution is -2.36. The average molecular weight is 557 g/mol. The first-order valence-electron chi connectivity index (χ1n) is 15.1. The lowest BCUT2D eigenvalue weighted by molar-refractivity contribution is -0.141. The van der Waals surface area contributed by atoms with E-state index < -0.39 is 0 Å². The van der Waals surface area contributed by atoms with Crippen LogP contribution in [0.5, 0.6) is 0 Å². The van der Waals surface area contributed by atoms with E-state index in [1.807, 2.05) is 0 Å². The highest BCUT2D eigenvalue weighted by Gasteiger charge is 2.28. The second kappa shape index (κ2) is 9.54. The van der Waals surface area contributed by atoms with Crippen molar-refractivity contribution in [2.75, 3.05) is 6.61 Å². The van der Waals surface area contributed by atoms with Crippen molar-refractivity contribution >= 4 is 82.8 Å². The first-order chi connectivity index (χ1) is 20.9. The van der Waals surface area contributed by atoms with Gasteiger partial charge in [-0.2, -0.15) is 0 Å². The smallest absolute Gasteiger partial charge is 0.333 e. The molecule has 1 atom stereocenters. The van der Waals surface area contributed by atoms with Gasteiger partial charge in [0.25, 0.3) is 0 Å². The van der Waals surface area contributed by atoms with Crippen LogP contribution in [0.25, 0.3) is 76.8 Å². The van der Waals surface area contributed by atoms with Crippen molar-refractivity contribution in [2.24, 2.45) is 5.41 Å². The molecule has 0 amide bonds. The first kappa shape index (κ1) is 25.7. The molecular formula is C41H32O2. The van der Waals surface area contributed by atoms with Crippen molar-refractivity contribution in [3.63, 3.8) is 0 Å². The molecule has 1 aliphatic rings. The van der Waals surface area contributed by atoms with Crippen LogP contribution in [0.4, 0.5) is 0 Å². The minimum Gasteiger partial charge on any atom is -0.461 e. The lowest BCUT2D eigenvalue weighted by Gasteiger charge is -2.30. The SMILES string of the molecule is C=C(C)C(=O)OCC1(CC)C=c2cc3cc4cc5cc6cc7cc8ccccc8cc7cc6cc5cc4cc3cc2=CC1. The van der Waals surface area contributed by atoms with Gasteiger partial charge in [0, 0.05) is 11.0 Å². The van der Waals surface area contributed by atoms with E-state index in [4.69, 9.17) is 4.74 Å². The van der Waals surface area contributed by atoms with Crippen LogP contribution in [0.2, 0.25) is 0 Å². The molecule has 1 aliphatic carbocycles. The number of benzene rings is 7. The molecule has 2 heteroatoms. The monoisotopic (exact) mass is 556 g/mol. The Labute approximate surface area is 250 Å². The van der Waals surface area contributed by atoms with E-state index >= 15 is 0 Å². The fraction of sp³-hybridized carbons (Fsp3) is 0.146. The van der Waals surface area contributed by atoms with Gasteiger partial charge in [-0.1, -0.05) is 49.9 Å². The van der Waals surface area contributed by atoms with Crippen molar-refractivity contribution < 1.29 is 9.53 Å². The number of rotatable bonds is 4. The standard InChI is InChI=1S/C41H32O2/c1-4-41(24-43-40(42)25(2)3)10-9-28-13-31-16-34-19-35-17-32-14-29-11-26-7-5-6-8-27(26)12-30(29)15-33(32)18-36(35)20-37(34)21-38(31)22-39(28)23-41/h5-9,11-23H,2,4,10,24H2,1,3H3. The minimum absolute atomic E-state index is 0.198. The average Bonchev–Trinajstić information content (AvgIpc) is 3.01. The van der Waals surface area contributed by atoms with Gasteiger partial charge < -0.3 is 4.74 Å². The van der Waals surface area contributed by atoms with Crippen molar-refractivity contribution in [3.05, 3.63) is 120 Å². The molecule has 0 aromatic heterocycles. The van der Waals surface area contributed by atoms with E-state index in [2.05, 4.69) is 123 Å². The third-order valence-electron chi connectivity index (χ3n) is 9.46. The third kappa shape index (κ3) is 4.37. The van der Waals surface area contributed by atoms with Crippen LogP contribution in [0, 0.1) is 5.41 Å². The summed E-state index contributed by atoms with van der Waals surface area (Å²) >= 11 is 0. The van der Waals surface area contributed by atoms with Gasteiger partial charge in [-0.05, 0) is 168 Å². The number of esters is 1. The first-order valence-corrected chi connectivity index (χ1v) is 15.1. The molecule has 208 valence electrons. The Morgan fingerprint density at radius 2 is 1.05 bits per heavy atom. The fourth-order valence-electron chi connectivity index (χ4n) is 6.82. The lowest BCUT2D eigenvalue weighted by atomic mass is 9.78. The molecule has 1 unspecified atom stereocenters. The highest BCUT2D eigenvalue weighted by atomic mass is 16.5. The topological polar surface area (TPSA) is 26.3 Å². The molecule has 0 saturated heterocycles. The Balaban J connectivity index is 1.25. The van der Waals surface area contributed by atoms with E-state index in [1.54, 1.807) is 6.92 Å². The Morgan fingerprint density at radius 3 is 1.47 bits per heavy atom. The van der Waals surface area contributed by atoms with Gasteiger partial charge in [-0.15, -0.1) is 0 Å². The highest BCUT2D eigenvalue weighted by Crippen LogP contribution is 2.34. The van der Waals surface area contributed by atoms with Crippen LogP contribution >= 0.6 is 0 Å². The summed E-state index contributed by atoms with van der Waals surface area (Å²) in [6.45, 7) is 7.95. The number of carbonyl (C=O) groups excluding carboxylic acids is 1. The van der Waals surface area contributed by atoms with Crippen molar-refractivity contribution in [1.82, 2.24) is 0 Å². The van der Waals surface area contributed by atoms with Crippen LogP contribution < -0.4 is 10.4 Å². The predicted molar refractivity (Wildman–Crippen MR) is 183 cm³/mol. The molecule has 0 N–H and O–H groups in total. The Hall–Kier alpha value is -4.95. The van der Waals surface area contributed by atoms with Gasteiger partial charge in [-0.3, -0.25) is 0 Å². The van der Waals surface area contributed by atoms with E-state index in [9.17, 15) is 4.79 Å². The van der Waals surface area contributed by atoms with Gasteiger partial charge in [-0.25, -0.2) is 4.79 Å². The molecule has 0 spiro atoms. The number of hydrogen-bond donors (Lipinski definition) is 0. The zero-order chi connectivity index (χ0) is 29.3. The van der Waals surface area contributed by atoms with Crippen LogP contribution in [-0.4, -0.2) is 12.6 Å². The van der Waals surface area contributed by atoms with E-state index in [0.717, 1.165) is 12.8 Å². The number of carbonyl (C=O) groups is 1. The Bertz CT molecular complexity index is 2470. The van der Waals surface area contributed by atoms with Crippen molar-refractivity contribution in [3.8, 4) is 0 Å². The fourth-order valence-corrected chi connectivity index (χ4v) is 6.82. The molecule has 0 heterocycles. The summed E-state index contributed by atoms with van der Waals surface area (Å²) in [5.41, 5.74) is 0.239. The Kier molecular flexibility index (Phi) is 5.71. The molecular weight excluding hydrogens is 524 g/mol. The summed E-state index contributed by atoms with van der Waals surface area (Å²) in [4.78, 5) is 12.1. The largest absolute Gasteiger partial charge is 0.461 e. The molecule has 0 bridgehead atoms. The maximum absolute atomic E-state index is 12.1. The van der Waals surface area contributed by atoms with Gasteiger partial charge in [0.1, 0.15) is 6.61 Å². The summed E-state index contributed by atoms with van der Waals surface area (Å²) in [7, 11) is 0. The summed E-state index contributed by atoms with van der Waals surface area (Å²) < 4.78 is 5.62. The van der Waals surface area contributed by atoms with Crippen molar-refractivity contribution in [1.29, 1.82) is 0 Å². The molecule has 8 rings (SSSR count). The van der Waals surface area contributed by atoms with Gasteiger partial charge in [0.2, 0.25) is 0 Å². The summed E-state index contributed by atoms with van der Waals surface area (Å²) in [6.07, 6.45) is 6.36. The minimum atomic E-state index is -0.321. The maximum Gasteiger partial charge on any atom is 0.333 e. The van der Waals surface area contributed by atoms with Crippen LogP contribution in [0.1, 0.15) is 26.7 Å².